The van der Waals surface area contributed by atoms with Crippen molar-refractivity contribution in [1.29, 1.82) is 0 Å². The van der Waals surface area contributed by atoms with Gasteiger partial charge in [0.15, 0.2) is 0 Å². The van der Waals surface area contributed by atoms with E-state index in [1.807, 2.05) is 36.4 Å². The van der Waals surface area contributed by atoms with E-state index >= 15 is 0 Å². The predicted octanol–water partition coefficient (Wildman–Crippen LogP) is 3.68. The number of piperidine rings is 1. The zero-order chi connectivity index (χ0) is 21.1. The minimum atomic E-state index is -0.704. The van der Waals surface area contributed by atoms with Crippen LogP contribution in [0.1, 0.15) is 28.9 Å². The normalized spacial score (nSPS) is 14.8. The van der Waals surface area contributed by atoms with Gasteiger partial charge < -0.3 is 19.9 Å². The summed E-state index contributed by atoms with van der Waals surface area (Å²) in [5.41, 5.74) is 4.03. The number of benzene rings is 2. The number of aromatic nitrogens is 1. The summed E-state index contributed by atoms with van der Waals surface area (Å²) in [5.74, 6) is -1.03. The predicted molar refractivity (Wildman–Crippen MR) is 118 cm³/mol. The minimum Gasteiger partial charge on any atom is -0.481 e. The van der Waals surface area contributed by atoms with Gasteiger partial charge in [0.1, 0.15) is 0 Å². The van der Waals surface area contributed by atoms with Crippen molar-refractivity contribution in [2.45, 2.75) is 26.3 Å². The SMILES string of the molecule is Cc1cc2ccccc2n1CCNC(=O)c1ccc(N2CCC(C(=O)O)CC2)cc1. The number of para-hydroxylation sites is 1. The van der Waals surface area contributed by atoms with E-state index in [1.54, 1.807) is 0 Å². The van der Waals surface area contributed by atoms with E-state index in [4.69, 9.17) is 5.11 Å². The maximum absolute atomic E-state index is 12.5. The fourth-order valence-corrected chi connectivity index (χ4v) is 4.24. The molecule has 3 aromatic rings. The Labute approximate surface area is 176 Å². The second-order valence-electron chi connectivity index (χ2n) is 7.90. The van der Waals surface area contributed by atoms with Crippen LogP contribution >= 0.6 is 0 Å². The number of nitrogens with one attached hydrogen (secondary N) is 1. The molecule has 6 nitrogen and oxygen atoms in total. The van der Waals surface area contributed by atoms with E-state index in [-0.39, 0.29) is 11.8 Å². The minimum absolute atomic E-state index is 0.0831. The molecule has 2 aromatic carbocycles. The van der Waals surface area contributed by atoms with Crippen molar-refractivity contribution in [2.24, 2.45) is 5.92 Å². The third kappa shape index (κ3) is 4.17. The fourth-order valence-electron chi connectivity index (χ4n) is 4.24. The lowest BCUT2D eigenvalue weighted by Gasteiger charge is -2.32. The van der Waals surface area contributed by atoms with Crippen LogP contribution in [0.15, 0.2) is 54.6 Å². The number of anilines is 1. The summed E-state index contributed by atoms with van der Waals surface area (Å²) < 4.78 is 2.22. The number of nitrogens with zero attached hydrogens (tertiary/aromatic N) is 2. The molecule has 1 fully saturated rings. The highest BCUT2D eigenvalue weighted by molar-refractivity contribution is 5.94. The first kappa shape index (κ1) is 20.0. The maximum Gasteiger partial charge on any atom is 0.306 e. The number of hydrogen-bond acceptors (Lipinski definition) is 3. The number of aliphatic carboxylic acids is 1. The summed E-state index contributed by atoms with van der Waals surface area (Å²) in [7, 11) is 0. The Morgan fingerprint density at radius 1 is 1.07 bits per heavy atom. The van der Waals surface area contributed by atoms with Crippen LogP contribution in [-0.4, -0.2) is 41.2 Å². The number of fused-ring (bicyclic) bond motifs is 1. The van der Waals surface area contributed by atoms with E-state index in [1.165, 1.54) is 16.6 Å². The van der Waals surface area contributed by atoms with Crippen molar-refractivity contribution in [3.8, 4) is 0 Å². The Morgan fingerprint density at radius 2 is 1.77 bits per heavy atom. The molecule has 2 heterocycles. The first-order valence-electron chi connectivity index (χ1n) is 10.4. The highest BCUT2D eigenvalue weighted by Crippen LogP contribution is 2.24. The molecular formula is C24H27N3O3. The first-order chi connectivity index (χ1) is 14.5. The third-order valence-corrected chi connectivity index (χ3v) is 5.98. The third-order valence-electron chi connectivity index (χ3n) is 5.98. The number of amides is 1. The highest BCUT2D eigenvalue weighted by Gasteiger charge is 2.24. The lowest BCUT2D eigenvalue weighted by Crippen LogP contribution is -2.36. The number of hydrogen-bond donors (Lipinski definition) is 2. The Bertz CT molecular complexity index is 1050. The van der Waals surface area contributed by atoms with Crippen molar-refractivity contribution in [3.05, 3.63) is 65.9 Å². The van der Waals surface area contributed by atoms with Gasteiger partial charge in [-0.2, -0.15) is 0 Å². The first-order valence-corrected chi connectivity index (χ1v) is 10.4. The van der Waals surface area contributed by atoms with E-state index in [0.29, 0.717) is 24.9 Å². The van der Waals surface area contributed by atoms with Gasteiger partial charge >= 0.3 is 5.97 Å². The standard InChI is InChI=1S/C24H27N3O3/c1-17-16-20-4-2-3-5-22(20)27(17)15-12-25-23(28)18-6-8-21(9-7-18)26-13-10-19(11-14-26)24(29)30/h2-9,16,19H,10-15H2,1H3,(H,25,28)(H,29,30). The van der Waals surface area contributed by atoms with Crippen molar-refractivity contribution >= 4 is 28.5 Å². The van der Waals surface area contributed by atoms with Crippen LogP contribution in [0.25, 0.3) is 10.9 Å². The second-order valence-corrected chi connectivity index (χ2v) is 7.90. The average Bonchev–Trinajstić information content (AvgIpc) is 3.09. The molecule has 0 radical (unpaired) electrons. The van der Waals surface area contributed by atoms with Crippen LogP contribution in [0.2, 0.25) is 0 Å². The van der Waals surface area contributed by atoms with Crippen molar-refractivity contribution in [3.63, 3.8) is 0 Å². The van der Waals surface area contributed by atoms with Crippen molar-refractivity contribution < 1.29 is 14.7 Å². The maximum atomic E-state index is 12.5. The quantitative estimate of drug-likeness (QED) is 0.656. The summed E-state index contributed by atoms with van der Waals surface area (Å²) in [4.78, 5) is 25.8. The summed E-state index contributed by atoms with van der Waals surface area (Å²) in [6.45, 7) is 4.82. The molecule has 0 aliphatic carbocycles. The number of carboxylic acids is 1. The summed E-state index contributed by atoms with van der Waals surface area (Å²) in [6.07, 6.45) is 1.32. The van der Waals surface area contributed by atoms with Gasteiger partial charge in [0.05, 0.1) is 5.92 Å². The highest BCUT2D eigenvalue weighted by atomic mass is 16.4. The molecule has 6 heteroatoms. The number of carbonyl (C=O) groups is 2. The zero-order valence-corrected chi connectivity index (χ0v) is 17.2. The Kier molecular flexibility index (Phi) is 5.74. The molecule has 0 atom stereocenters. The molecule has 30 heavy (non-hydrogen) atoms. The molecule has 1 aliphatic heterocycles. The monoisotopic (exact) mass is 405 g/mol. The summed E-state index contributed by atoms with van der Waals surface area (Å²) >= 11 is 0. The molecule has 0 bridgehead atoms. The number of rotatable bonds is 6. The lowest BCUT2D eigenvalue weighted by atomic mass is 9.96. The number of aryl methyl sites for hydroxylation is 1. The van der Waals surface area contributed by atoms with Crippen LogP contribution in [0.5, 0.6) is 0 Å². The van der Waals surface area contributed by atoms with Crippen LogP contribution < -0.4 is 10.2 Å². The number of carboxylic acid groups (broad SMARTS) is 1. The summed E-state index contributed by atoms with van der Waals surface area (Å²) in [6, 6.07) is 18.0. The molecule has 1 aromatic heterocycles. The van der Waals surface area contributed by atoms with Gasteiger partial charge in [-0.3, -0.25) is 9.59 Å². The largest absolute Gasteiger partial charge is 0.481 e. The van der Waals surface area contributed by atoms with Gasteiger partial charge in [-0.1, -0.05) is 18.2 Å². The van der Waals surface area contributed by atoms with E-state index in [9.17, 15) is 9.59 Å². The second kappa shape index (κ2) is 8.61. The van der Waals surface area contributed by atoms with Gasteiger partial charge in [0.25, 0.3) is 5.91 Å². The molecule has 156 valence electrons. The molecular weight excluding hydrogens is 378 g/mol. The van der Waals surface area contributed by atoms with Gasteiger partial charge in [0, 0.05) is 48.6 Å². The van der Waals surface area contributed by atoms with E-state index in [0.717, 1.165) is 25.3 Å². The molecule has 0 saturated carbocycles. The molecule has 2 N–H and O–H groups in total. The summed E-state index contributed by atoms with van der Waals surface area (Å²) in [5, 5.41) is 13.3. The van der Waals surface area contributed by atoms with Crippen LogP contribution in [-0.2, 0) is 11.3 Å². The molecule has 0 unspecified atom stereocenters. The van der Waals surface area contributed by atoms with Crippen LogP contribution in [0, 0.1) is 12.8 Å². The number of carbonyl (C=O) groups excluding carboxylic acids is 1. The molecule has 1 saturated heterocycles. The van der Waals surface area contributed by atoms with Gasteiger partial charge in [-0.15, -0.1) is 0 Å². The smallest absolute Gasteiger partial charge is 0.306 e. The molecule has 1 aliphatic rings. The molecule has 1 amide bonds. The average molecular weight is 405 g/mol. The van der Waals surface area contributed by atoms with Crippen LogP contribution in [0.3, 0.4) is 0 Å². The van der Waals surface area contributed by atoms with Gasteiger partial charge in [-0.25, -0.2) is 0 Å². The van der Waals surface area contributed by atoms with Crippen molar-refractivity contribution in [2.75, 3.05) is 24.5 Å². The topological polar surface area (TPSA) is 74.6 Å². The van der Waals surface area contributed by atoms with E-state index in [2.05, 4.69) is 39.9 Å². The van der Waals surface area contributed by atoms with E-state index < -0.39 is 5.97 Å². The van der Waals surface area contributed by atoms with Crippen LogP contribution in [0.4, 0.5) is 5.69 Å². The van der Waals surface area contributed by atoms with Crippen molar-refractivity contribution in [1.82, 2.24) is 9.88 Å². The molecule has 4 rings (SSSR count). The zero-order valence-electron chi connectivity index (χ0n) is 17.2. The Morgan fingerprint density at radius 3 is 2.47 bits per heavy atom. The van der Waals surface area contributed by atoms with Gasteiger partial charge in [0.2, 0.25) is 0 Å². The Balaban J connectivity index is 1.32. The molecule has 0 spiro atoms. The fraction of sp³-hybridized carbons (Fsp3) is 0.333. The Hall–Kier alpha value is -3.28. The van der Waals surface area contributed by atoms with Gasteiger partial charge in [-0.05, 0) is 61.5 Å². The lowest BCUT2D eigenvalue weighted by molar-refractivity contribution is -0.142.